The molecule has 0 aromatic heterocycles. The van der Waals surface area contributed by atoms with Crippen LogP contribution in [0.2, 0.25) is 0 Å². The summed E-state index contributed by atoms with van der Waals surface area (Å²) >= 11 is 0. The Kier molecular flexibility index (Phi) is 6.62. The fourth-order valence-corrected chi connectivity index (χ4v) is 0.695. The molecule has 0 aromatic carbocycles. The number of carbonyl (C=O) groups excluding carboxylic acids is 2. The molecule has 6 nitrogen and oxygen atoms in total. The van der Waals surface area contributed by atoms with Gasteiger partial charge in [-0.1, -0.05) is 5.18 Å². The molecule has 0 rings (SSSR count). The van der Waals surface area contributed by atoms with E-state index in [4.69, 9.17) is 0 Å². The lowest BCUT2D eigenvalue weighted by Gasteiger charge is -2.00. The van der Waals surface area contributed by atoms with E-state index in [1.165, 1.54) is 7.11 Å². The Bertz CT molecular complexity index is 193. The Labute approximate surface area is 75.6 Å². The number of nitrogens with zero attached hydrogens (tertiary/aromatic N) is 1. The van der Waals surface area contributed by atoms with Crippen LogP contribution in [0.3, 0.4) is 0 Å². The summed E-state index contributed by atoms with van der Waals surface area (Å²) < 4.78 is 4.53. The second kappa shape index (κ2) is 7.35. The summed E-state index contributed by atoms with van der Waals surface area (Å²) in [5, 5.41) is 4.91. The van der Waals surface area contributed by atoms with E-state index in [-0.39, 0.29) is 31.9 Å². The van der Waals surface area contributed by atoms with Gasteiger partial charge in [0.1, 0.15) is 6.61 Å². The number of nitrogens with one attached hydrogen (secondary N) is 1. The molecule has 0 spiro atoms. The van der Waals surface area contributed by atoms with E-state index >= 15 is 0 Å². The summed E-state index contributed by atoms with van der Waals surface area (Å²) in [5.74, 6) is -0.704. The van der Waals surface area contributed by atoms with Crippen LogP contribution in [-0.2, 0) is 14.3 Å². The van der Waals surface area contributed by atoms with Crippen molar-refractivity contribution in [2.24, 2.45) is 5.18 Å². The number of hydrogen-bond donors (Lipinski definition) is 1. The van der Waals surface area contributed by atoms with Gasteiger partial charge in [0, 0.05) is 13.7 Å². The van der Waals surface area contributed by atoms with E-state index in [1.54, 1.807) is 0 Å². The zero-order valence-corrected chi connectivity index (χ0v) is 7.41. The molecule has 0 saturated carbocycles. The third kappa shape index (κ3) is 7.07. The van der Waals surface area contributed by atoms with Gasteiger partial charge in [0.05, 0.1) is 13.0 Å². The summed E-state index contributed by atoms with van der Waals surface area (Å²) in [6, 6.07) is 0. The van der Waals surface area contributed by atoms with E-state index < -0.39 is 5.91 Å². The number of carbonyl (C=O) groups is 2. The highest BCUT2D eigenvalue weighted by Gasteiger charge is 2.07. The molecule has 74 valence electrons. The molecule has 0 aliphatic carbocycles. The molecule has 0 fully saturated rings. The molecule has 0 aromatic rings. The van der Waals surface area contributed by atoms with Crippen molar-refractivity contribution in [2.75, 3.05) is 26.8 Å². The van der Waals surface area contributed by atoms with Crippen molar-refractivity contribution in [3.05, 3.63) is 4.91 Å². The minimum atomic E-state index is -0.411. The average Bonchev–Trinajstić information content (AvgIpc) is 2.05. The summed E-state index contributed by atoms with van der Waals surface area (Å²) in [4.78, 5) is 31.3. The molecule has 6 heteroatoms. The third-order valence-electron chi connectivity index (χ3n) is 1.19. The van der Waals surface area contributed by atoms with Crippen molar-refractivity contribution < 1.29 is 14.3 Å². The molecule has 0 saturated heterocycles. The average molecular weight is 188 g/mol. The van der Waals surface area contributed by atoms with Crippen LogP contribution in [0, 0.1) is 4.91 Å². The number of ketones is 1. The number of amides is 1. The van der Waals surface area contributed by atoms with Crippen molar-refractivity contribution in [3.63, 3.8) is 0 Å². The minimum absolute atomic E-state index is 0.0181. The fourth-order valence-electron chi connectivity index (χ4n) is 0.695. The summed E-state index contributed by atoms with van der Waals surface area (Å²) in [6.07, 6.45) is -0.216. The summed E-state index contributed by atoms with van der Waals surface area (Å²) in [5.41, 5.74) is 0. The van der Waals surface area contributed by atoms with Crippen LogP contribution in [0.5, 0.6) is 0 Å². The standard InChI is InChI=1S/C7H12N2O4/c1-13-5-6(10)4-7(11)8-2-3-9-12/h2-5H2,1H3,(H,8,11). The van der Waals surface area contributed by atoms with Gasteiger partial charge in [-0.2, -0.15) is 4.91 Å². The van der Waals surface area contributed by atoms with E-state index in [2.05, 4.69) is 15.2 Å². The Balaban J connectivity index is 3.49. The topological polar surface area (TPSA) is 84.8 Å². The van der Waals surface area contributed by atoms with Gasteiger partial charge in [-0.3, -0.25) is 9.59 Å². The normalized spacial score (nSPS) is 9.31. The highest BCUT2D eigenvalue weighted by atomic mass is 16.5. The fraction of sp³-hybridized carbons (Fsp3) is 0.714. The lowest BCUT2D eigenvalue weighted by Crippen LogP contribution is -2.28. The van der Waals surface area contributed by atoms with E-state index in [0.29, 0.717) is 0 Å². The molecule has 1 amide bonds. The maximum atomic E-state index is 10.9. The highest BCUT2D eigenvalue weighted by Crippen LogP contribution is 1.84. The Hall–Kier alpha value is -1.30. The van der Waals surface area contributed by atoms with Crippen LogP contribution in [-0.4, -0.2) is 38.5 Å². The van der Waals surface area contributed by atoms with Crippen molar-refractivity contribution in [1.82, 2.24) is 5.32 Å². The molecule has 0 aliphatic rings. The minimum Gasteiger partial charge on any atom is -0.377 e. The zero-order valence-electron chi connectivity index (χ0n) is 7.41. The quantitative estimate of drug-likeness (QED) is 0.331. The van der Waals surface area contributed by atoms with Gasteiger partial charge in [0.2, 0.25) is 5.91 Å². The molecule has 13 heavy (non-hydrogen) atoms. The van der Waals surface area contributed by atoms with Gasteiger partial charge < -0.3 is 10.1 Å². The Morgan fingerprint density at radius 3 is 2.69 bits per heavy atom. The van der Waals surface area contributed by atoms with Crippen LogP contribution < -0.4 is 5.32 Å². The van der Waals surface area contributed by atoms with Crippen LogP contribution >= 0.6 is 0 Å². The Morgan fingerprint density at radius 1 is 1.46 bits per heavy atom. The first-order chi connectivity index (χ1) is 6.20. The highest BCUT2D eigenvalue weighted by molar-refractivity contribution is 5.98. The van der Waals surface area contributed by atoms with Crippen molar-refractivity contribution >= 4 is 11.7 Å². The number of hydrogen-bond acceptors (Lipinski definition) is 5. The van der Waals surface area contributed by atoms with Crippen molar-refractivity contribution in [1.29, 1.82) is 0 Å². The van der Waals surface area contributed by atoms with Gasteiger partial charge in [-0.05, 0) is 0 Å². The second-order valence-electron chi connectivity index (χ2n) is 2.35. The predicted octanol–water partition coefficient (Wildman–Crippen LogP) is -0.525. The largest absolute Gasteiger partial charge is 0.377 e. The SMILES string of the molecule is COCC(=O)CC(=O)NCCN=O. The Morgan fingerprint density at radius 2 is 2.15 bits per heavy atom. The molecule has 0 heterocycles. The first kappa shape index (κ1) is 11.7. The molecule has 0 bridgehead atoms. The van der Waals surface area contributed by atoms with Gasteiger partial charge in [0.15, 0.2) is 5.78 Å². The smallest absolute Gasteiger partial charge is 0.227 e. The second-order valence-corrected chi connectivity index (χ2v) is 2.35. The first-order valence-electron chi connectivity index (χ1n) is 3.77. The van der Waals surface area contributed by atoms with Crippen molar-refractivity contribution in [3.8, 4) is 0 Å². The lowest BCUT2D eigenvalue weighted by molar-refractivity contribution is -0.130. The first-order valence-corrected chi connectivity index (χ1v) is 3.77. The number of rotatable bonds is 7. The van der Waals surface area contributed by atoms with Crippen LogP contribution in [0.15, 0.2) is 5.18 Å². The monoisotopic (exact) mass is 188 g/mol. The molecule has 0 atom stereocenters. The zero-order chi connectivity index (χ0) is 10.1. The third-order valence-corrected chi connectivity index (χ3v) is 1.19. The van der Waals surface area contributed by atoms with E-state index in [0.717, 1.165) is 0 Å². The van der Waals surface area contributed by atoms with Crippen LogP contribution in [0.1, 0.15) is 6.42 Å². The molecule has 0 aliphatic heterocycles. The van der Waals surface area contributed by atoms with Gasteiger partial charge in [0.25, 0.3) is 0 Å². The number of nitroso groups, excluding NO2 is 1. The number of ether oxygens (including phenoxy) is 1. The van der Waals surface area contributed by atoms with Crippen molar-refractivity contribution in [2.45, 2.75) is 6.42 Å². The molecular formula is C7H12N2O4. The maximum Gasteiger partial charge on any atom is 0.227 e. The maximum absolute atomic E-state index is 10.9. The van der Waals surface area contributed by atoms with Gasteiger partial charge in [-0.15, -0.1) is 0 Å². The van der Waals surface area contributed by atoms with Gasteiger partial charge in [-0.25, -0.2) is 0 Å². The summed E-state index contributed by atoms with van der Waals surface area (Å²) in [7, 11) is 1.38. The van der Waals surface area contributed by atoms with Crippen LogP contribution in [0.4, 0.5) is 0 Å². The summed E-state index contributed by atoms with van der Waals surface area (Å²) in [6.45, 7) is 0.117. The lowest BCUT2D eigenvalue weighted by atomic mass is 10.3. The molecule has 0 radical (unpaired) electrons. The number of methoxy groups -OCH3 is 1. The molecule has 1 N–H and O–H groups in total. The van der Waals surface area contributed by atoms with Gasteiger partial charge >= 0.3 is 0 Å². The molecular weight excluding hydrogens is 176 g/mol. The molecule has 0 unspecified atom stereocenters. The number of Topliss-reactive ketones (excluding diaryl/α,β-unsaturated/α-hetero) is 1. The van der Waals surface area contributed by atoms with E-state index in [9.17, 15) is 14.5 Å². The van der Waals surface area contributed by atoms with Crippen LogP contribution in [0.25, 0.3) is 0 Å². The predicted molar refractivity (Wildman–Crippen MR) is 45.2 cm³/mol. The van der Waals surface area contributed by atoms with E-state index in [1.807, 2.05) is 0 Å².